The first kappa shape index (κ1) is 22.7. The molecule has 0 unspecified atom stereocenters. The van der Waals surface area contributed by atoms with Crippen molar-refractivity contribution in [2.75, 3.05) is 38.3 Å². The molecule has 0 fully saturated rings. The fourth-order valence-electron chi connectivity index (χ4n) is 2.68. The van der Waals surface area contributed by atoms with Gasteiger partial charge in [-0.25, -0.2) is 25.9 Å². The molecule has 1 aromatic carbocycles. The van der Waals surface area contributed by atoms with Gasteiger partial charge in [-0.1, -0.05) is 6.07 Å². The van der Waals surface area contributed by atoms with E-state index in [-0.39, 0.29) is 34.3 Å². The number of hydrogen-bond acceptors (Lipinski definition) is 8. The van der Waals surface area contributed by atoms with Crippen molar-refractivity contribution in [1.29, 1.82) is 0 Å². The van der Waals surface area contributed by atoms with Crippen LogP contribution in [0.2, 0.25) is 0 Å². The zero-order valence-electron chi connectivity index (χ0n) is 16.7. The van der Waals surface area contributed by atoms with Crippen molar-refractivity contribution in [2.24, 2.45) is 4.40 Å². The van der Waals surface area contributed by atoms with Gasteiger partial charge in [0.15, 0.2) is 6.61 Å². The molecule has 11 nitrogen and oxygen atoms in total. The van der Waals surface area contributed by atoms with Crippen LogP contribution >= 0.6 is 0 Å². The molecule has 0 aromatic heterocycles. The lowest BCUT2D eigenvalue weighted by Gasteiger charge is -2.26. The average molecular weight is 469 g/mol. The van der Waals surface area contributed by atoms with E-state index >= 15 is 0 Å². The minimum absolute atomic E-state index is 0.00538. The third-order valence-electron chi connectivity index (χ3n) is 4.29. The fraction of sp³-hybridized carbons (Fsp3) is 0.278. The molecule has 0 aliphatic carbocycles. The largest absolute Gasteiger partial charge is 0.452 e. The zero-order valence-corrected chi connectivity index (χ0v) is 18.3. The summed E-state index contributed by atoms with van der Waals surface area (Å²) in [4.78, 5) is 25.9. The van der Waals surface area contributed by atoms with Gasteiger partial charge in [0.05, 0.1) is 16.2 Å². The molecule has 13 heteroatoms. The van der Waals surface area contributed by atoms with Crippen LogP contribution in [0.25, 0.3) is 0 Å². The SMILES string of the molecule is CN(C)S(=O)(=O)c1cccc(NC(=O)COC(=O)C2=CN3CCS(=O)(=O)N=C3C=C2)c1. The van der Waals surface area contributed by atoms with Gasteiger partial charge in [0.2, 0.25) is 10.0 Å². The Morgan fingerprint density at radius 1 is 1.26 bits per heavy atom. The number of nitrogens with one attached hydrogen (secondary N) is 1. The minimum atomic E-state index is -3.66. The Balaban J connectivity index is 1.59. The Hall–Kier alpha value is -3.03. The van der Waals surface area contributed by atoms with E-state index in [2.05, 4.69) is 9.71 Å². The molecule has 2 aliphatic heterocycles. The van der Waals surface area contributed by atoms with Crippen LogP contribution in [-0.4, -0.2) is 76.8 Å². The zero-order chi connectivity index (χ0) is 22.8. The summed E-state index contributed by atoms with van der Waals surface area (Å²) < 4.78 is 57.0. The van der Waals surface area contributed by atoms with Crippen LogP contribution in [0.1, 0.15) is 0 Å². The first-order valence-electron chi connectivity index (χ1n) is 8.97. The van der Waals surface area contributed by atoms with E-state index in [0.29, 0.717) is 0 Å². The van der Waals surface area contributed by atoms with Crippen molar-refractivity contribution in [3.63, 3.8) is 0 Å². The molecule has 0 radical (unpaired) electrons. The lowest BCUT2D eigenvalue weighted by atomic mass is 10.2. The number of benzene rings is 1. The van der Waals surface area contributed by atoms with Gasteiger partial charge in [0.25, 0.3) is 15.9 Å². The van der Waals surface area contributed by atoms with Crippen LogP contribution in [0.3, 0.4) is 0 Å². The molecule has 1 N–H and O–H groups in total. The van der Waals surface area contributed by atoms with Gasteiger partial charge in [0.1, 0.15) is 5.84 Å². The number of anilines is 1. The molecule has 166 valence electrons. The third kappa shape index (κ3) is 5.37. The molecule has 0 spiro atoms. The maximum absolute atomic E-state index is 12.2. The number of hydrogen-bond donors (Lipinski definition) is 1. The summed E-state index contributed by atoms with van der Waals surface area (Å²) in [7, 11) is -4.38. The van der Waals surface area contributed by atoms with E-state index in [1.165, 1.54) is 61.6 Å². The molecule has 1 amide bonds. The van der Waals surface area contributed by atoms with E-state index in [4.69, 9.17) is 4.74 Å². The fourth-order valence-corrected chi connectivity index (χ4v) is 4.60. The summed E-state index contributed by atoms with van der Waals surface area (Å²) in [5, 5.41) is 2.47. The van der Waals surface area contributed by atoms with Crippen molar-refractivity contribution < 1.29 is 31.2 Å². The van der Waals surface area contributed by atoms with Gasteiger partial charge >= 0.3 is 5.97 Å². The molecular formula is C18H20N4O7S2. The number of sulfonamides is 2. The minimum Gasteiger partial charge on any atom is -0.452 e. The maximum Gasteiger partial charge on any atom is 0.340 e. The van der Waals surface area contributed by atoms with Crippen LogP contribution in [-0.2, 0) is 34.4 Å². The summed E-state index contributed by atoms with van der Waals surface area (Å²) in [6, 6.07) is 5.68. The molecule has 1 aromatic rings. The Labute approximate surface area is 179 Å². The predicted octanol–water partition coefficient (Wildman–Crippen LogP) is -0.0838. The summed E-state index contributed by atoms with van der Waals surface area (Å²) in [5.74, 6) is -1.40. The number of rotatable bonds is 6. The van der Waals surface area contributed by atoms with Gasteiger partial charge in [-0.3, -0.25) is 4.79 Å². The number of fused-ring (bicyclic) bond motifs is 1. The monoisotopic (exact) mass is 468 g/mol. The Morgan fingerprint density at radius 2 is 2.00 bits per heavy atom. The van der Waals surface area contributed by atoms with E-state index in [1.54, 1.807) is 0 Å². The second-order valence-corrected chi connectivity index (χ2v) is 10.7. The van der Waals surface area contributed by atoms with E-state index < -0.39 is 38.5 Å². The second kappa shape index (κ2) is 8.61. The average Bonchev–Trinajstić information content (AvgIpc) is 2.71. The highest BCUT2D eigenvalue weighted by Crippen LogP contribution is 2.19. The summed E-state index contributed by atoms with van der Waals surface area (Å²) >= 11 is 0. The molecule has 0 bridgehead atoms. The van der Waals surface area contributed by atoms with E-state index in [9.17, 15) is 26.4 Å². The van der Waals surface area contributed by atoms with Crippen LogP contribution in [0.4, 0.5) is 5.69 Å². The number of nitrogens with zero attached hydrogens (tertiary/aromatic N) is 3. The molecular weight excluding hydrogens is 448 g/mol. The van der Waals surface area contributed by atoms with Gasteiger partial charge in [-0.2, -0.15) is 0 Å². The lowest BCUT2D eigenvalue weighted by molar-refractivity contribution is -0.143. The highest BCUT2D eigenvalue weighted by Gasteiger charge is 2.25. The quantitative estimate of drug-likeness (QED) is 0.571. The molecule has 31 heavy (non-hydrogen) atoms. The topological polar surface area (TPSA) is 143 Å². The molecule has 3 rings (SSSR count). The number of amidine groups is 1. The predicted molar refractivity (Wildman–Crippen MR) is 112 cm³/mol. The molecule has 0 saturated heterocycles. The number of esters is 1. The Kier molecular flexibility index (Phi) is 6.29. The smallest absolute Gasteiger partial charge is 0.340 e. The van der Waals surface area contributed by atoms with Crippen molar-refractivity contribution >= 4 is 43.4 Å². The first-order valence-corrected chi connectivity index (χ1v) is 12.0. The Morgan fingerprint density at radius 3 is 2.71 bits per heavy atom. The van der Waals surface area contributed by atoms with Crippen LogP contribution < -0.4 is 5.32 Å². The highest BCUT2D eigenvalue weighted by atomic mass is 32.2. The van der Waals surface area contributed by atoms with Gasteiger partial charge in [0, 0.05) is 32.5 Å². The Bertz CT molecular complexity index is 1220. The van der Waals surface area contributed by atoms with Crippen molar-refractivity contribution in [2.45, 2.75) is 4.90 Å². The third-order valence-corrected chi connectivity index (χ3v) is 7.27. The van der Waals surface area contributed by atoms with Gasteiger partial charge in [-0.15, -0.1) is 4.40 Å². The summed E-state index contributed by atoms with van der Waals surface area (Å²) in [6.45, 7) is -0.445. The first-order chi connectivity index (χ1) is 14.5. The molecule has 0 saturated carbocycles. The standard InChI is InChI=1S/C18H20N4O7S2/c1-21(2)31(27,28)15-5-3-4-14(10-15)19-17(23)12-29-18(24)13-6-7-16-20-30(25,26)9-8-22(16)11-13/h3-7,10-11H,8-9,12H2,1-2H3,(H,19,23). The number of carbonyl (C=O) groups is 2. The van der Waals surface area contributed by atoms with Crippen LogP contribution in [0.5, 0.6) is 0 Å². The normalized spacial score (nSPS) is 17.5. The number of carbonyl (C=O) groups excluding carboxylic acids is 2. The van der Waals surface area contributed by atoms with Crippen molar-refractivity contribution in [3.8, 4) is 0 Å². The van der Waals surface area contributed by atoms with E-state index in [0.717, 1.165) is 4.31 Å². The second-order valence-electron chi connectivity index (χ2n) is 6.79. The van der Waals surface area contributed by atoms with Crippen LogP contribution in [0, 0.1) is 0 Å². The lowest BCUT2D eigenvalue weighted by Crippen LogP contribution is -2.37. The summed E-state index contributed by atoms with van der Waals surface area (Å²) in [6.07, 6.45) is 4.14. The van der Waals surface area contributed by atoms with Crippen LogP contribution in [0.15, 0.2) is 57.5 Å². The van der Waals surface area contributed by atoms with Gasteiger partial charge in [-0.05, 0) is 30.4 Å². The van der Waals surface area contributed by atoms with Crippen molar-refractivity contribution in [1.82, 2.24) is 9.21 Å². The number of ether oxygens (including phenoxy) is 1. The molecule has 2 heterocycles. The molecule has 2 aliphatic rings. The molecule has 0 atom stereocenters. The maximum atomic E-state index is 12.2. The van der Waals surface area contributed by atoms with E-state index in [1.807, 2.05) is 0 Å². The summed E-state index contributed by atoms with van der Waals surface area (Å²) in [5.41, 5.74) is 0.362. The number of amides is 1. The van der Waals surface area contributed by atoms with Crippen molar-refractivity contribution in [3.05, 3.63) is 48.2 Å². The highest BCUT2D eigenvalue weighted by molar-refractivity contribution is 7.90. The van der Waals surface area contributed by atoms with Gasteiger partial charge < -0.3 is 15.0 Å².